The molecule has 298 valence electrons. The molecule has 0 heterocycles. The predicted octanol–water partition coefficient (Wildman–Crippen LogP) is 6.94. The smallest absolute Gasteiger partial charge is 0.306 e. The molecule has 6 atom stereocenters. The standard InChI is InChI=1S/C26H40O5.C17H25NO3.ClH/c1-19(2)31-26(30)13-9-4-3-8-12-22-23(25(29)18-24(22)28)17-16-21(27)15-14-20-10-6-5-7-11-20;1-17(2,3)18-10-12(19)11-21-16-9-5-6-13-14(16)7-4-8-15(13)20;/h3,5-8,10-11,19,21-25,27-29H,4,9,12-18H2,1-2H3;5-6,9,12,18-19H,4,7-8,10-11H2,1-3H3;1H/b8-3-;;/t21-,22+,23+,24-,25+;12-;/m00./s1. The first-order valence-corrected chi connectivity index (χ1v) is 19.4. The number of β-amino-alcohol motifs (C(OH)–C–C–N with tert-alkyl or cyclic N) is 1. The highest BCUT2D eigenvalue weighted by molar-refractivity contribution is 5.99. The summed E-state index contributed by atoms with van der Waals surface area (Å²) < 4.78 is 10.9. The van der Waals surface area contributed by atoms with Gasteiger partial charge in [0.1, 0.15) is 18.5 Å². The van der Waals surface area contributed by atoms with E-state index < -0.39 is 24.4 Å². The van der Waals surface area contributed by atoms with Crippen LogP contribution >= 0.6 is 12.4 Å². The van der Waals surface area contributed by atoms with Gasteiger partial charge in [0, 0.05) is 36.1 Å². The van der Waals surface area contributed by atoms with E-state index in [9.17, 15) is 30.0 Å². The molecule has 2 aromatic carbocycles. The Morgan fingerprint density at radius 2 is 1.66 bits per heavy atom. The van der Waals surface area contributed by atoms with E-state index >= 15 is 0 Å². The molecule has 53 heavy (non-hydrogen) atoms. The van der Waals surface area contributed by atoms with Crippen LogP contribution in [0.2, 0.25) is 0 Å². The highest BCUT2D eigenvalue weighted by Crippen LogP contribution is 2.38. The first-order valence-electron chi connectivity index (χ1n) is 19.4. The molecule has 10 heteroatoms. The number of ether oxygens (including phenoxy) is 2. The number of esters is 1. The van der Waals surface area contributed by atoms with Crippen LogP contribution in [0.25, 0.3) is 0 Å². The fraction of sp³-hybridized carbons (Fsp3) is 0.628. The van der Waals surface area contributed by atoms with Gasteiger partial charge in [0.25, 0.3) is 0 Å². The number of Topliss-reactive ketones (excluding diaryl/α,β-unsaturated/α-hetero) is 1. The molecule has 1 saturated carbocycles. The lowest BCUT2D eigenvalue weighted by Crippen LogP contribution is -2.42. The van der Waals surface area contributed by atoms with Gasteiger partial charge in [0.2, 0.25) is 0 Å². The molecule has 0 spiro atoms. The van der Waals surface area contributed by atoms with E-state index in [-0.39, 0.29) is 54.2 Å². The Morgan fingerprint density at radius 1 is 0.943 bits per heavy atom. The second kappa shape index (κ2) is 23.9. The van der Waals surface area contributed by atoms with Gasteiger partial charge < -0.3 is 35.2 Å². The molecule has 0 aliphatic heterocycles. The lowest BCUT2D eigenvalue weighted by Gasteiger charge is -2.24. The number of ketones is 1. The molecular formula is C43H66ClNO8. The molecular weight excluding hydrogens is 694 g/mol. The number of aliphatic hydroxyl groups excluding tert-OH is 4. The van der Waals surface area contributed by atoms with Crippen LogP contribution in [0.1, 0.15) is 120 Å². The van der Waals surface area contributed by atoms with Gasteiger partial charge in [-0.05, 0) is 122 Å². The number of carbonyl (C=O) groups excluding carboxylic acids is 2. The van der Waals surface area contributed by atoms with Gasteiger partial charge in [0.05, 0.1) is 24.4 Å². The first kappa shape index (κ1) is 46.4. The molecule has 0 aromatic heterocycles. The Hall–Kier alpha value is -2.79. The van der Waals surface area contributed by atoms with Crippen molar-refractivity contribution in [3.8, 4) is 5.75 Å². The van der Waals surface area contributed by atoms with Gasteiger partial charge in [-0.1, -0.05) is 54.6 Å². The summed E-state index contributed by atoms with van der Waals surface area (Å²) in [6.07, 6.45) is 10.4. The van der Waals surface area contributed by atoms with E-state index in [4.69, 9.17) is 9.47 Å². The number of unbranched alkanes of at least 4 members (excludes halogenated alkanes) is 1. The lowest BCUT2D eigenvalue weighted by molar-refractivity contribution is -0.147. The van der Waals surface area contributed by atoms with Crippen molar-refractivity contribution in [2.24, 2.45) is 11.8 Å². The topological polar surface area (TPSA) is 146 Å². The number of hydrogen-bond donors (Lipinski definition) is 5. The number of carbonyl (C=O) groups is 2. The molecule has 2 aromatic rings. The number of halogens is 1. The van der Waals surface area contributed by atoms with Crippen molar-refractivity contribution in [2.45, 2.75) is 148 Å². The number of hydrogen-bond acceptors (Lipinski definition) is 9. The number of aliphatic hydroxyl groups is 4. The van der Waals surface area contributed by atoms with Crippen molar-refractivity contribution < 1.29 is 39.5 Å². The SMILES string of the molecule is CC(C)(C)NC[C@H](O)COc1cccc2c1CCCC2=O.CC(C)OC(=O)CCC/C=C\C[C@@H]1[C@@H](CC[C@@H](O)CCc2ccccc2)[C@H](O)C[C@@H]1O.Cl. The number of benzene rings is 2. The molecule has 1 fully saturated rings. The zero-order valence-corrected chi connectivity index (χ0v) is 33.4. The van der Waals surface area contributed by atoms with Gasteiger partial charge in [-0.15, -0.1) is 12.4 Å². The van der Waals surface area contributed by atoms with Crippen LogP contribution in [-0.2, 0) is 22.4 Å². The Labute approximate surface area is 324 Å². The van der Waals surface area contributed by atoms with Crippen molar-refractivity contribution in [1.82, 2.24) is 5.32 Å². The number of aryl methyl sites for hydroxylation is 1. The van der Waals surface area contributed by atoms with Gasteiger partial charge >= 0.3 is 5.97 Å². The molecule has 0 unspecified atom stereocenters. The first-order chi connectivity index (χ1) is 24.7. The summed E-state index contributed by atoms with van der Waals surface area (Å²) in [4.78, 5) is 23.4. The minimum atomic E-state index is -0.570. The maximum Gasteiger partial charge on any atom is 0.306 e. The molecule has 2 aliphatic rings. The number of allylic oxidation sites excluding steroid dienone is 2. The van der Waals surface area contributed by atoms with E-state index in [0.29, 0.717) is 51.5 Å². The Balaban J connectivity index is 0.000000386. The van der Waals surface area contributed by atoms with Crippen LogP contribution in [0.4, 0.5) is 0 Å². The van der Waals surface area contributed by atoms with Crippen LogP contribution in [0, 0.1) is 11.8 Å². The third-order valence-electron chi connectivity index (χ3n) is 9.72. The summed E-state index contributed by atoms with van der Waals surface area (Å²) in [7, 11) is 0. The molecule has 0 saturated heterocycles. The van der Waals surface area contributed by atoms with E-state index in [1.807, 2.05) is 56.3 Å². The average Bonchev–Trinajstić information content (AvgIpc) is 3.37. The molecule has 0 radical (unpaired) electrons. The van der Waals surface area contributed by atoms with Gasteiger partial charge in [-0.25, -0.2) is 0 Å². The zero-order valence-electron chi connectivity index (χ0n) is 32.5. The van der Waals surface area contributed by atoms with E-state index in [2.05, 4.69) is 44.3 Å². The van der Waals surface area contributed by atoms with Gasteiger partial charge in [0.15, 0.2) is 5.78 Å². The third kappa shape index (κ3) is 17.5. The predicted molar refractivity (Wildman–Crippen MR) is 213 cm³/mol. The summed E-state index contributed by atoms with van der Waals surface area (Å²) in [5.74, 6) is 0.779. The quantitative estimate of drug-likeness (QED) is 0.0620. The fourth-order valence-corrected chi connectivity index (χ4v) is 6.92. The summed E-state index contributed by atoms with van der Waals surface area (Å²) in [5.41, 5.74) is 2.96. The van der Waals surface area contributed by atoms with Gasteiger partial charge in [-0.2, -0.15) is 0 Å². The minimum absolute atomic E-state index is 0. The number of nitrogens with one attached hydrogen (secondary N) is 1. The Morgan fingerprint density at radius 3 is 2.36 bits per heavy atom. The monoisotopic (exact) mass is 759 g/mol. The molecule has 0 bridgehead atoms. The highest BCUT2D eigenvalue weighted by Gasteiger charge is 2.40. The van der Waals surface area contributed by atoms with Crippen molar-refractivity contribution in [3.63, 3.8) is 0 Å². The molecule has 9 nitrogen and oxygen atoms in total. The van der Waals surface area contributed by atoms with E-state index in [1.165, 1.54) is 5.56 Å². The van der Waals surface area contributed by atoms with Crippen molar-refractivity contribution in [2.75, 3.05) is 13.2 Å². The number of rotatable bonds is 18. The summed E-state index contributed by atoms with van der Waals surface area (Å²) in [6, 6.07) is 15.7. The molecule has 4 rings (SSSR count). The second-order valence-corrected chi connectivity index (χ2v) is 15.7. The largest absolute Gasteiger partial charge is 0.491 e. The fourth-order valence-electron chi connectivity index (χ4n) is 6.92. The third-order valence-corrected chi connectivity index (χ3v) is 9.72. The average molecular weight is 760 g/mol. The minimum Gasteiger partial charge on any atom is -0.491 e. The second-order valence-electron chi connectivity index (χ2n) is 15.7. The van der Waals surface area contributed by atoms with Crippen LogP contribution in [-0.4, -0.2) is 81.4 Å². The normalized spacial score (nSPS) is 21.0. The highest BCUT2D eigenvalue weighted by atomic mass is 35.5. The molecule has 0 amide bonds. The van der Waals surface area contributed by atoms with Crippen LogP contribution in [0.15, 0.2) is 60.7 Å². The van der Waals surface area contributed by atoms with Gasteiger partial charge in [-0.3, -0.25) is 9.59 Å². The van der Waals surface area contributed by atoms with Crippen molar-refractivity contribution >= 4 is 24.2 Å². The summed E-state index contributed by atoms with van der Waals surface area (Å²) >= 11 is 0. The Bertz CT molecular complexity index is 1380. The van der Waals surface area contributed by atoms with Crippen LogP contribution in [0.3, 0.4) is 0 Å². The zero-order chi connectivity index (χ0) is 38.1. The lowest BCUT2D eigenvalue weighted by atomic mass is 9.85. The van der Waals surface area contributed by atoms with Crippen molar-refractivity contribution in [3.05, 3.63) is 77.4 Å². The van der Waals surface area contributed by atoms with Crippen molar-refractivity contribution in [1.29, 1.82) is 0 Å². The number of fused-ring (bicyclic) bond motifs is 1. The van der Waals surface area contributed by atoms with E-state index in [1.54, 1.807) is 0 Å². The van der Waals surface area contributed by atoms with E-state index in [0.717, 1.165) is 49.0 Å². The molecule has 2 aliphatic carbocycles. The molecule has 5 N–H and O–H groups in total. The van der Waals surface area contributed by atoms with Crippen LogP contribution < -0.4 is 10.1 Å². The Kier molecular flexibility index (Phi) is 20.9. The van der Waals surface area contributed by atoms with Crippen LogP contribution in [0.5, 0.6) is 5.75 Å². The summed E-state index contributed by atoms with van der Waals surface area (Å²) in [6.45, 7) is 10.6. The summed E-state index contributed by atoms with van der Waals surface area (Å²) in [5, 5.41) is 44.4. The maximum atomic E-state index is 11.9. The maximum absolute atomic E-state index is 11.9.